The van der Waals surface area contributed by atoms with E-state index in [0.29, 0.717) is 5.56 Å². The maximum atomic E-state index is 8.73. The van der Waals surface area contributed by atoms with Crippen molar-refractivity contribution >= 4 is 53.9 Å². The van der Waals surface area contributed by atoms with Gasteiger partial charge in [0.2, 0.25) is 0 Å². The van der Waals surface area contributed by atoms with Gasteiger partial charge in [0, 0.05) is 0 Å². The number of fused-ring (bicyclic) bond motifs is 5. The molecule has 0 aliphatic carbocycles. The van der Waals surface area contributed by atoms with Crippen molar-refractivity contribution < 1.29 is 6.85 Å². The van der Waals surface area contributed by atoms with Gasteiger partial charge in [-0.2, -0.15) is 0 Å². The van der Waals surface area contributed by atoms with Gasteiger partial charge in [-0.25, -0.2) is 0 Å². The van der Waals surface area contributed by atoms with Gasteiger partial charge in [-0.15, -0.1) is 0 Å². The van der Waals surface area contributed by atoms with Crippen molar-refractivity contribution in [3.8, 4) is 122 Å². The average molecular weight is 1250 g/mol. The van der Waals surface area contributed by atoms with E-state index in [1.165, 1.54) is 99.1 Å². The average Bonchev–Trinajstić information content (AvgIpc) is 0.733. The summed E-state index contributed by atoms with van der Waals surface area (Å²) in [6.45, 7) is 0. The van der Waals surface area contributed by atoms with Crippen molar-refractivity contribution in [2.45, 2.75) is 0 Å². The normalized spacial score (nSPS) is 12.0. The lowest BCUT2D eigenvalue weighted by Gasteiger charge is -2.19. The fourth-order valence-corrected chi connectivity index (χ4v) is 14.5. The molecule has 0 heteroatoms. The van der Waals surface area contributed by atoms with Crippen molar-refractivity contribution in [2.24, 2.45) is 0 Å². The number of rotatable bonds is 11. The van der Waals surface area contributed by atoms with Crippen LogP contribution in [0.1, 0.15) is 6.85 Å². The minimum atomic E-state index is -0.397. The molecule has 0 saturated carbocycles. The molecular weight excluding hydrogens is 1180 g/mol. The van der Waals surface area contributed by atoms with Gasteiger partial charge >= 0.3 is 0 Å². The molecule has 0 spiro atoms. The lowest BCUT2D eigenvalue weighted by atomic mass is 9.84. The Morgan fingerprint density at radius 1 is 0.143 bits per heavy atom. The Kier molecular flexibility index (Phi) is 14.3. The smallest absolute Gasteiger partial charge is 0.0622 e. The van der Waals surface area contributed by atoms with Crippen molar-refractivity contribution in [2.75, 3.05) is 0 Å². The van der Waals surface area contributed by atoms with Crippen LogP contribution in [0.25, 0.3) is 176 Å². The quantitative estimate of drug-likeness (QED) is 0.113. The Balaban J connectivity index is 0.000000154. The van der Waals surface area contributed by atoms with Gasteiger partial charge in [0.15, 0.2) is 0 Å². The zero-order chi connectivity index (χ0) is 69.5. The predicted octanol–water partition coefficient (Wildman–Crippen LogP) is 27.5. The molecule has 0 aliphatic rings. The van der Waals surface area contributed by atoms with Gasteiger partial charge < -0.3 is 0 Å². The van der Waals surface area contributed by atoms with Gasteiger partial charge in [0.25, 0.3) is 0 Å². The zero-order valence-corrected chi connectivity index (χ0v) is 53.7. The molecule has 18 aromatic carbocycles. The lowest BCUT2D eigenvalue weighted by molar-refractivity contribution is 1.60. The van der Waals surface area contributed by atoms with E-state index < -0.39 is 6.04 Å². The fourth-order valence-electron chi connectivity index (χ4n) is 14.5. The summed E-state index contributed by atoms with van der Waals surface area (Å²) in [7, 11) is 0. The van der Waals surface area contributed by atoms with Crippen molar-refractivity contribution in [3.63, 3.8) is 0 Å². The number of hydrogen-bond acceptors (Lipinski definition) is 0. The highest BCUT2D eigenvalue weighted by atomic mass is 14.2. The monoisotopic (exact) mass is 1250 g/mol. The Morgan fingerprint density at radius 2 is 0.388 bits per heavy atom. The van der Waals surface area contributed by atoms with Crippen LogP contribution >= 0.6 is 0 Å². The second-order valence-electron chi connectivity index (χ2n) is 25.0. The first-order valence-corrected chi connectivity index (χ1v) is 33.5. The highest BCUT2D eigenvalue weighted by Gasteiger charge is 2.21. The minimum absolute atomic E-state index is 0.195. The SMILES string of the molecule is [2H]c1c([2H])c([2H])c(-c2ccc3c(-c4ccc(-c5ccccc5)cc4)c4ccccc4c(-c4ccc(-c5ccccc5)cc4)c3c2)c([2H])c1[2H].c1ccc(-c2ccc(-c3c4ccccc4c(-c4ccc(-c5ccccc5)cc4)c4cc(-c5ccc(-c6cccc7ccccc67)cc5)ccc34)cc2)cc1. The highest BCUT2D eigenvalue weighted by Crippen LogP contribution is 2.48. The van der Waals surface area contributed by atoms with Gasteiger partial charge in [-0.05, 0) is 188 Å². The molecule has 0 nitrogen and oxygen atoms in total. The molecule has 0 heterocycles. The molecule has 0 radical (unpaired) electrons. The van der Waals surface area contributed by atoms with Crippen LogP contribution in [0.2, 0.25) is 0 Å². The van der Waals surface area contributed by atoms with Gasteiger partial charge in [0.05, 0.1) is 6.85 Å². The summed E-state index contributed by atoms with van der Waals surface area (Å²) in [4.78, 5) is 0. The number of benzene rings is 18. The lowest BCUT2D eigenvalue weighted by Crippen LogP contribution is -1.92. The zero-order valence-electron chi connectivity index (χ0n) is 58.7. The van der Waals surface area contributed by atoms with Crippen molar-refractivity contribution in [1.82, 2.24) is 0 Å². The largest absolute Gasteiger partial charge is 0.0629 e. The Morgan fingerprint density at radius 3 is 0.755 bits per heavy atom. The predicted molar refractivity (Wildman–Crippen MR) is 420 cm³/mol. The summed E-state index contributed by atoms with van der Waals surface area (Å²) in [5.74, 6) is 0. The maximum absolute atomic E-state index is 8.73. The fraction of sp³-hybridized carbons (Fsp3) is 0. The maximum Gasteiger partial charge on any atom is 0.0629 e. The van der Waals surface area contributed by atoms with Crippen LogP contribution in [0.5, 0.6) is 0 Å². The van der Waals surface area contributed by atoms with Crippen LogP contribution < -0.4 is 0 Å². The van der Waals surface area contributed by atoms with E-state index in [4.69, 9.17) is 6.85 Å². The van der Waals surface area contributed by atoms with E-state index >= 15 is 0 Å². The Labute approximate surface area is 580 Å². The summed E-state index contributed by atoms with van der Waals surface area (Å²) in [5.41, 5.74) is 24.3. The van der Waals surface area contributed by atoms with E-state index in [0.717, 1.165) is 66.1 Å². The van der Waals surface area contributed by atoms with E-state index in [1.807, 2.05) is 54.6 Å². The standard InChI is InChI=1S/C54H36.C44H30/c1-3-12-37(13-4-1)39-24-30-44(31-25-39)53-49-19-9-10-20-50(49)54(45-32-26-40(27-33-45)38-14-5-2-6-15-38)52-36-46(34-35-51(52)53)41-22-28-43(29-23-41)48-21-11-17-42-16-7-8-18-47(42)48;1-4-12-31(13-5-1)34-20-24-36(25-21-34)43-39-18-10-11-19-40(39)44(37-26-22-35(23-27-37)32-14-6-2-7-15-32)42-30-38(28-29-41(42)43)33-16-8-3-9-17-33/h1-36H;1-30H/i;3D,8D,9D,16D,17D. The molecule has 0 saturated heterocycles. The summed E-state index contributed by atoms with van der Waals surface area (Å²) in [5, 5.41) is 11.7. The third-order valence-electron chi connectivity index (χ3n) is 19.3. The van der Waals surface area contributed by atoms with Crippen LogP contribution in [0.3, 0.4) is 0 Å². The van der Waals surface area contributed by atoms with Gasteiger partial charge in [0.1, 0.15) is 0 Å². The van der Waals surface area contributed by atoms with Crippen LogP contribution in [-0.2, 0) is 0 Å². The van der Waals surface area contributed by atoms with E-state index in [1.54, 1.807) is 0 Å². The molecule has 0 fully saturated rings. The minimum Gasteiger partial charge on any atom is -0.0622 e. The molecule has 18 aromatic rings. The first kappa shape index (κ1) is 53.6. The molecule has 0 N–H and O–H groups in total. The molecule has 0 aliphatic heterocycles. The van der Waals surface area contributed by atoms with Crippen LogP contribution in [0, 0.1) is 0 Å². The van der Waals surface area contributed by atoms with Gasteiger partial charge in [-0.1, -0.05) is 388 Å². The summed E-state index contributed by atoms with van der Waals surface area (Å²) in [6, 6.07) is 130. The second kappa shape index (κ2) is 26.2. The molecule has 0 bridgehead atoms. The second-order valence-corrected chi connectivity index (χ2v) is 25.0. The van der Waals surface area contributed by atoms with Crippen molar-refractivity contribution in [3.05, 3.63) is 400 Å². The Hall–Kier alpha value is -12.7. The van der Waals surface area contributed by atoms with Gasteiger partial charge in [-0.3, -0.25) is 0 Å². The first-order valence-electron chi connectivity index (χ1n) is 36.0. The first-order chi connectivity index (χ1) is 50.7. The van der Waals surface area contributed by atoms with E-state index in [2.05, 4.69) is 315 Å². The topological polar surface area (TPSA) is 0 Å². The molecule has 458 valence electrons. The van der Waals surface area contributed by atoms with Crippen LogP contribution in [-0.4, -0.2) is 0 Å². The molecule has 0 unspecified atom stereocenters. The Bertz CT molecular complexity index is 6160. The summed E-state index contributed by atoms with van der Waals surface area (Å²) < 4.78 is 42.3. The third-order valence-corrected chi connectivity index (χ3v) is 19.3. The summed E-state index contributed by atoms with van der Waals surface area (Å²) in [6.07, 6.45) is 0. The third kappa shape index (κ3) is 11.4. The molecule has 0 aromatic heterocycles. The van der Waals surface area contributed by atoms with Crippen molar-refractivity contribution in [1.29, 1.82) is 0 Å². The van der Waals surface area contributed by atoms with E-state index in [9.17, 15) is 0 Å². The molecule has 18 rings (SSSR count). The van der Waals surface area contributed by atoms with E-state index in [-0.39, 0.29) is 29.7 Å². The molecule has 98 heavy (non-hydrogen) atoms. The number of hydrogen-bond donors (Lipinski definition) is 0. The molecule has 0 atom stereocenters. The molecule has 0 amide bonds. The van der Waals surface area contributed by atoms with Crippen LogP contribution in [0.15, 0.2) is 400 Å². The summed E-state index contributed by atoms with van der Waals surface area (Å²) >= 11 is 0. The highest BCUT2D eigenvalue weighted by molar-refractivity contribution is 6.23. The molecular formula is C98H66. The van der Waals surface area contributed by atoms with Crippen LogP contribution in [0.4, 0.5) is 0 Å².